The zero-order chi connectivity index (χ0) is 15.5. The smallest absolute Gasteiger partial charge is 0.103 e. The van der Waals surface area contributed by atoms with Gasteiger partial charge < -0.3 is 15.0 Å². The number of hydrogen-bond acceptors (Lipinski definition) is 5. The minimum atomic E-state index is -0.409. The van der Waals surface area contributed by atoms with Gasteiger partial charge in [0.15, 0.2) is 0 Å². The van der Waals surface area contributed by atoms with Gasteiger partial charge in [-0.1, -0.05) is 0 Å². The van der Waals surface area contributed by atoms with E-state index < -0.39 is 6.10 Å². The zero-order valence-electron chi connectivity index (χ0n) is 12.5. The average Bonchev–Trinajstić information content (AvgIpc) is 3.10. The summed E-state index contributed by atoms with van der Waals surface area (Å²) in [5.74, 6) is 0.398. The quantitative estimate of drug-likeness (QED) is 0.897. The molecule has 2 aromatic rings. The van der Waals surface area contributed by atoms with Crippen LogP contribution in [0.1, 0.15) is 24.1 Å². The molecule has 6 nitrogen and oxygen atoms in total. The lowest BCUT2D eigenvalue weighted by Gasteiger charge is -2.19. The molecule has 0 aromatic carbocycles. The van der Waals surface area contributed by atoms with Gasteiger partial charge in [-0.2, -0.15) is 5.26 Å². The fourth-order valence-corrected chi connectivity index (χ4v) is 3.08. The third-order valence-electron chi connectivity index (χ3n) is 4.16. The van der Waals surface area contributed by atoms with Crippen LogP contribution in [-0.2, 0) is 6.54 Å². The predicted molar refractivity (Wildman–Crippen MR) is 82.1 cm³/mol. The van der Waals surface area contributed by atoms with E-state index in [9.17, 15) is 5.11 Å². The second-order valence-corrected chi connectivity index (χ2v) is 5.90. The number of rotatable bonds is 4. The number of nitrogens with zero attached hydrogens (tertiary/aromatic N) is 4. The van der Waals surface area contributed by atoms with E-state index >= 15 is 0 Å². The van der Waals surface area contributed by atoms with Gasteiger partial charge in [0.25, 0.3) is 0 Å². The van der Waals surface area contributed by atoms with E-state index in [4.69, 9.17) is 5.26 Å². The van der Waals surface area contributed by atoms with E-state index in [1.54, 1.807) is 18.7 Å². The van der Waals surface area contributed by atoms with Crippen molar-refractivity contribution in [1.82, 2.24) is 14.5 Å². The van der Waals surface area contributed by atoms with Crippen LogP contribution in [0.2, 0.25) is 0 Å². The van der Waals surface area contributed by atoms with Crippen molar-refractivity contribution in [3.63, 3.8) is 0 Å². The maximum absolute atomic E-state index is 10.3. The van der Waals surface area contributed by atoms with Crippen molar-refractivity contribution in [3.8, 4) is 6.07 Å². The average molecular weight is 297 g/mol. The summed E-state index contributed by atoms with van der Waals surface area (Å²) in [7, 11) is 0. The minimum Gasteiger partial charge on any atom is -0.391 e. The Hall–Kier alpha value is -2.39. The highest BCUT2D eigenvalue weighted by Crippen LogP contribution is 2.30. The van der Waals surface area contributed by atoms with E-state index in [1.165, 1.54) is 0 Å². The Labute approximate surface area is 129 Å². The van der Waals surface area contributed by atoms with Gasteiger partial charge in [-0.3, -0.25) is 4.98 Å². The summed E-state index contributed by atoms with van der Waals surface area (Å²) in [6.45, 7) is 2.75. The molecule has 114 valence electrons. The number of hydrogen-bond donors (Lipinski definition) is 2. The molecule has 0 spiro atoms. The third-order valence-corrected chi connectivity index (χ3v) is 4.16. The molecule has 2 aromatic heterocycles. The molecule has 6 heteroatoms. The van der Waals surface area contributed by atoms with Gasteiger partial charge in [0, 0.05) is 30.8 Å². The molecular formula is C16H19N5O. The molecule has 3 atom stereocenters. The van der Waals surface area contributed by atoms with Crippen LogP contribution in [0.15, 0.2) is 31.0 Å². The van der Waals surface area contributed by atoms with Crippen LogP contribution >= 0.6 is 0 Å². The number of nitrogens with one attached hydrogen (secondary N) is 1. The predicted octanol–water partition coefficient (Wildman–Crippen LogP) is 1.71. The van der Waals surface area contributed by atoms with Crippen LogP contribution in [0.4, 0.5) is 5.69 Å². The van der Waals surface area contributed by atoms with Gasteiger partial charge in [0.1, 0.15) is 6.07 Å². The summed E-state index contributed by atoms with van der Waals surface area (Å²) in [4.78, 5) is 8.18. The Morgan fingerprint density at radius 1 is 1.50 bits per heavy atom. The molecule has 2 N–H and O–H groups in total. The number of anilines is 1. The third kappa shape index (κ3) is 3.10. The number of aromatic nitrogens is 3. The first kappa shape index (κ1) is 14.5. The van der Waals surface area contributed by atoms with Gasteiger partial charge in [0.05, 0.1) is 29.7 Å². The molecule has 1 unspecified atom stereocenters. The monoisotopic (exact) mass is 297 g/mol. The Kier molecular flexibility index (Phi) is 4.07. The second kappa shape index (κ2) is 6.16. The molecule has 1 saturated carbocycles. The maximum atomic E-state index is 10.3. The molecule has 0 amide bonds. The van der Waals surface area contributed by atoms with Crippen molar-refractivity contribution in [1.29, 1.82) is 5.26 Å². The van der Waals surface area contributed by atoms with Crippen molar-refractivity contribution in [3.05, 3.63) is 42.2 Å². The summed E-state index contributed by atoms with van der Waals surface area (Å²) in [5, 5.41) is 22.8. The molecule has 22 heavy (non-hydrogen) atoms. The first-order valence-electron chi connectivity index (χ1n) is 7.43. The van der Waals surface area contributed by atoms with E-state index in [-0.39, 0.29) is 6.04 Å². The summed E-state index contributed by atoms with van der Waals surface area (Å²) < 4.78 is 2.04. The topological polar surface area (TPSA) is 86.8 Å². The number of aryl methyl sites for hydroxylation is 1. The minimum absolute atomic E-state index is 0.0394. The molecular weight excluding hydrogens is 278 g/mol. The van der Waals surface area contributed by atoms with Crippen LogP contribution < -0.4 is 5.32 Å². The maximum Gasteiger partial charge on any atom is 0.103 e. The number of imidazole rings is 1. The van der Waals surface area contributed by atoms with Gasteiger partial charge in [-0.15, -0.1) is 0 Å². The van der Waals surface area contributed by atoms with E-state index in [0.717, 1.165) is 30.8 Å². The lowest BCUT2D eigenvalue weighted by atomic mass is 10.1. The van der Waals surface area contributed by atoms with Crippen LogP contribution in [0.25, 0.3) is 0 Å². The summed E-state index contributed by atoms with van der Waals surface area (Å²) in [5.41, 5.74) is 2.11. The molecule has 1 aliphatic carbocycles. The van der Waals surface area contributed by atoms with Crippen LogP contribution in [0, 0.1) is 24.2 Å². The van der Waals surface area contributed by atoms with Crippen LogP contribution in [0.3, 0.4) is 0 Å². The van der Waals surface area contributed by atoms with Crippen molar-refractivity contribution in [2.75, 3.05) is 5.32 Å². The van der Waals surface area contributed by atoms with E-state index in [1.807, 2.05) is 23.8 Å². The lowest BCUT2D eigenvalue weighted by Crippen LogP contribution is -2.28. The van der Waals surface area contributed by atoms with Gasteiger partial charge in [-0.05, 0) is 31.7 Å². The molecule has 0 saturated heterocycles. The van der Waals surface area contributed by atoms with Gasteiger partial charge >= 0.3 is 0 Å². The van der Waals surface area contributed by atoms with Crippen molar-refractivity contribution in [2.24, 2.45) is 5.92 Å². The normalized spacial score (nSPS) is 24.1. The Bertz CT molecular complexity index is 676. The largest absolute Gasteiger partial charge is 0.391 e. The highest BCUT2D eigenvalue weighted by atomic mass is 16.3. The Morgan fingerprint density at radius 2 is 2.36 bits per heavy atom. The molecule has 3 rings (SSSR count). The number of nitriles is 1. The first-order valence-corrected chi connectivity index (χ1v) is 7.43. The number of pyridine rings is 1. The van der Waals surface area contributed by atoms with E-state index in [2.05, 4.69) is 21.4 Å². The lowest BCUT2D eigenvalue weighted by molar-refractivity contribution is 0.166. The molecule has 0 bridgehead atoms. The number of aliphatic hydroxyl groups excluding tert-OH is 1. The fraction of sp³-hybridized carbons (Fsp3) is 0.438. The highest BCUT2D eigenvalue weighted by Gasteiger charge is 2.33. The highest BCUT2D eigenvalue weighted by molar-refractivity contribution is 5.57. The number of aliphatic hydroxyl groups is 1. The standard InChI is InChI=1S/C16H19N5O/c1-11-4-14(13(7-17)8-19-11)20-15-5-12(6-16(15)22)9-21-3-2-18-10-21/h2-4,8,10,12,15-16,22H,5-6,9H2,1H3,(H,19,20)/t12?,15-,16-/m1/s1. The van der Waals surface area contributed by atoms with E-state index in [0.29, 0.717) is 11.5 Å². The van der Waals surface area contributed by atoms with Gasteiger partial charge in [0.2, 0.25) is 0 Å². The van der Waals surface area contributed by atoms with Crippen LogP contribution in [-0.4, -0.2) is 31.8 Å². The van der Waals surface area contributed by atoms with Crippen molar-refractivity contribution in [2.45, 2.75) is 38.5 Å². The van der Waals surface area contributed by atoms with Crippen LogP contribution in [0.5, 0.6) is 0 Å². The summed E-state index contributed by atoms with van der Waals surface area (Å²) in [6.07, 6.45) is 8.28. The Balaban J connectivity index is 1.68. The fourth-order valence-electron chi connectivity index (χ4n) is 3.08. The second-order valence-electron chi connectivity index (χ2n) is 5.90. The zero-order valence-corrected chi connectivity index (χ0v) is 12.5. The SMILES string of the molecule is Cc1cc(N[C@@H]2CC(Cn3ccnc3)C[C@H]2O)c(C#N)cn1. The molecule has 1 fully saturated rings. The molecule has 0 aliphatic heterocycles. The molecule has 1 aliphatic rings. The van der Waals surface area contributed by atoms with Crippen molar-refractivity contribution >= 4 is 5.69 Å². The molecule has 2 heterocycles. The summed E-state index contributed by atoms with van der Waals surface area (Å²) in [6, 6.07) is 3.96. The van der Waals surface area contributed by atoms with Gasteiger partial charge in [-0.25, -0.2) is 4.98 Å². The van der Waals surface area contributed by atoms with Crippen molar-refractivity contribution < 1.29 is 5.11 Å². The molecule has 0 radical (unpaired) electrons. The Morgan fingerprint density at radius 3 is 3.09 bits per heavy atom. The first-order chi connectivity index (χ1) is 10.7. The summed E-state index contributed by atoms with van der Waals surface area (Å²) >= 11 is 0.